The standard InChI is InChI=1S/C44H35N/c1-43(2)34-21-12-13-24-38(34)45-39-26-25-29(27-37(39)44(3,4)36-23-14-22-35(43)42(36)45)41-32-19-10-8-17-30(32)40(28-15-6-5-7-16-28)31-18-9-11-20-33(31)41/h5-27H,1-4H3. The molecule has 0 spiro atoms. The van der Waals surface area contributed by atoms with Crippen LogP contribution < -0.4 is 4.90 Å². The van der Waals surface area contributed by atoms with E-state index in [2.05, 4.69) is 172 Å². The highest BCUT2D eigenvalue weighted by atomic mass is 15.2. The van der Waals surface area contributed by atoms with Gasteiger partial charge in [-0.1, -0.05) is 149 Å². The van der Waals surface area contributed by atoms with Crippen molar-refractivity contribution in [2.24, 2.45) is 0 Å². The average Bonchev–Trinajstić information content (AvgIpc) is 3.07. The Bertz CT molecular complexity index is 2270. The molecule has 0 fully saturated rings. The summed E-state index contributed by atoms with van der Waals surface area (Å²) in [5.41, 5.74) is 14.3. The van der Waals surface area contributed by atoms with Crippen molar-refractivity contribution in [3.63, 3.8) is 0 Å². The van der Waals surface area contributed by atoms with Gasteiger partial charge < -0.3 is 4.90 Å². The van der Waals surface area contributed by atoms with Gasteiger partial charge in [0.1, 0.15) is 0 Å². The number of anilines is 3. The van der Waals surface area contributed by atoms with E-state index >= 15 is 0 Å². The highest BCUT2D eigenvalue weighted by Gasteiger charge is 2.45. The Balaban J connectivity index is 1.35. The van der Waals surface area contributed by atoms with Gasteiger partial charge in [0.25, 0.3) is 0 Å². The molecule has 1 nitrogen and oxygen atoms in total. The van der Waals surface area contributed by atoms with Gasteiger partial charge in [-0.15, -0.1) is 0 Å². The van der Waals surface area contributed by atoms with Crippen molar-refractivity contribution < 1.29 is 0 Å². The van der Waals surface area contributed by atoms with Crippen molar-refractivity contribution in [1.82, 2.24) is 0 Å². The Morgan fingerprint density at radius 2 is 0.844 bits per heavy atom. The summed E-state index contributed by atoms with van der Waals surface area (Å²) in [6, 6.07) is 51.9. The highest BCUT2D eigenvalue weighted by Crippen LogP contribution is 2.60. The van der Waals surface area contributed by atoms with E-state index in [0.29, 0.717) is 0 Å². The summed E-state index contributed by atoms with van der Waals surface area (Å²) >= 11 is 0. The number of benzene rings is 7. The first-order chi connectivity index (χ1) is 21.9. The quantitative estimate of drug-likeness (QED) is 0.185. The van der Waals surface area contributed by atoms with Crippen LogP contribution in [0.2, 0.25) is 0 Å². The summed E-state index contributed by atoms with van der Waals surface area (Å²) in [5.74, 6) is 0. The first-order valence-electron chi connectivity index (χ1n) is 16.0. The maximum absolute atomic E-state index is 2.55. The first kappa shape index (κ1) is 26.3. The average molecular weight is 578 g/mol. The third-order valence-electron chi connectivity index (χ3n) is 10.6. The van der Waals surface area contributed by atoms with Crippen LogP contribution in [-0.4, -0.2) is 0 Å². The zero-order chi connectivity index (χ0) is 30.5. The Morgan fingerprint density at radius 1 is 0.378 bits per heavy atom. The van der Waals surface area contributed by atoms with Crippen LogP contribution >= 0.6 is 0 Å². The molecule has 9 rings (SSSR count). The minimum Gasteiger partial charge on any atom is -0.309 e. The molecular weight excluding hydrogens is 542 g/mol. The van der Waals surface area contributed by atoms with Crippen LogP contribution in [0.3, 0.4) is 0 Å². The van der Waals surface area contributed by atoms with E-state index < -0.39 is 0 Å². The normalized spacial score (nSPS) is 15.4. The molecule has 0 radical (unpaired) electrons. The van der Waals surface area contributed by atoms with Crippen LogP contribution in [0.5, 0.6) is 0 Å². The number of para-hydroxylation sites is 2. The van der Waals surface area contributed by atoms with Crippen LogP contribution in [-0.2, 0) is 10.8 Å². The van der Waals surface area contributed by atoms with E-state index in [9.17, 15) is 0 Å². The molecule has 0 aliphatic carbocycles. The van der Waals surface area contributed by atoms with Crippen molar-refractivity contribution in [2.75, 3.05) is 4.90 Å². The third-order valence-corrected chi connectivity index (χ3v) is 10.6. The fourth-order valence-corrected chi connectivity index (χ4v) is 8.39. The molecule has 0 saturated heterocycles. The maximum Gasteiger partial charge on any atom is 0.0543 e. The maximum atomic E-state index is 2.55. The predicted molar refractivity (Wildman–Crippen MR) is 191 cm³/mol. The molecule has 2 aliphatic heterocycles. The molecule has 1 heteroatoms. The monoisotopic (exact) mass is 577 g/mol. The molecule has 7 aromatic rings. The molecular formula is C44H35N. The fourth-order valence-electron chi connectivity index (χ4n) is 8.39. The zero-order valence-electron chi connectivity index (χ0n) is 26.2. The fraction of sp³-hybridized carbons (Fsp3) is 0.136. The van der Waals surface area contributed by atoms with Gasteiger partial charge >= 0.3 is 0 Å². The molecule has 0 bridgehead atoms. The second-order valence-electron chi connectivity index (χ2n) is 13.7. The molecule has 0 saturated carbocycles. The van der Waals surface area contributed by atoms with Gasteiger partial charge in [0.05, 0.1) is 17.1 Å². The van der Waals surface area contributed by atoms with Crippen LogP contribution in [0.1, 0.15) is 49.9 Å². The smallest absolute Gasteiger partial charge is 0.0543 e. The first-order valence-corrected chi connectivity index (χ1v) is 16.0. The van der Waals surface area contributed by atoms with E-state index in [1.54, 1.807) is 0 Å². The lowest BCUT2D eigenvalue weighted by Gasteiger charge is -2.49. The van der Waals surface area contributed by atoms with Crippen molar-refractivity contribution in [1.29, 1.82) is 0 Å². The SMILES string of the molecule is CC1(C)c2ccccc2N2c3ccc(-c4c5ccccc5c(-c5ccccc5)c5ccccc45)cc3C(C)(C)c3cccc1c32. The number of hydrogen-bond acceptors (Lipinski definition) is 1. The molecule has 0 N–H and O–H groups in total. The third kappa shape index (κ3) is 3.50. The topological polar surface area (TPSA) is 3.24 Å². The van der Waals surface area contributed by atoms with Gasteiger partial charge in [0.2, 0.25) is 0 Å². The van der Waals surface area contributed by atoms with Crippen molar-refractivity contribution in [3.05, 3.63) is 162 Å². The van der Waals surface area contributed by atoms with E-state index in [1.165, 1.54) is 83.1 Å². The zero-order valence-corrected chi connectivity index (χ0v) is 26.2. The second kappa shape index (κ2) is 9.19. The lowest BCUT2D eigenvalue weighted by molar-refractivity contribution is 0.597. The van der Waals surface area contributed by atoms with Crippen LogP contribution in [0.25, 0.3) is 43.8 Å². The molecule has 0 aromatic heterocycles. The second-order valence-corrected chi connectivity index (χ2v) is 13.7. The summed E-state index contributed by atoms with van der Waals surface area (Å²) in [5, 5.41) is 5.15. The van der Waals surface area contributed by atoms with Gasteiger partial charge in [-0.25, -0.2) is 0 Å². The number of rotatable bonds is 2. The largest absolute Gasteiger partial charge is 0.309 e. The van der Waals surface area contributed by atoms with E-state index in [1.807, 2.05) is 0 Å². The Kier molecular flexibility index (Phi) is 5.37. The molecule has 216 valence electrons. The summed E-state index contributed by atoms with van der Waals surface area (Å²) in [7, 11) is 0. The molecule has 7 aromatic carbocycles. The van der Waals surface area contributed by atoms with Gasteiger partial charge in [0, 0.05) is 10.8 Å². The Morgan fingerprint density at radius 3 is 1.47 bits per heavy atom. The molecule has 0 amide bonds. The minimum atomic E-state index is -0.175. The van der Waals surface area contributed by atoms with E-state index in [4.69, 9.17) is 0 Å². The summed E-state index contributed by atoms with van der Waals surface area (Å²) in [4.78, 5) is 2.55. The molecule has 0 atom stereocenters. The van der Waals surface area contributed by atoms with Crippen molar-refractivity contribution in [3.8, 4) is 22.3 Å². The van der Waals surface area contributed by atoms with Crippen LogP contribution in [0.4, 0.5) is 17.1 Å². The lowest BCUT2D eigenvalue weighted by Crippen LogP contribution is -2.38. The summed E-state index contributed by atoms with van der Waals surface area (Å²) in [6.45, 7) is 9.56. The molecule has 45 heavy (non-hydrogen) atoms. The highest BCUT2D eigenvalue weighted by molar-refractivity contribution is 6.21. The number of fused-ring (bicyclic) bond motifs is 6. The lowest BCUT2D eigenvalue weighted by atomic mass is 9.66. The van der Waals surface area contributed by atoms with E-state index in [-0.39, 0.29) is 10.8 Å². The summed E-state index contributed by atoms with van der Waals surface area (Å²) < 4.78 is 0. The Labute approximate surface area is 265 Å². The molecule has 0 unspecified atom stereocenters. The Hall–Kier alpha value is -5.14. The van der Waals surface area contributed by atoms with Crippen molar-refractivity contribution >= 4 is 38.6 Å². The van der Waals surface area contributed by atoms with Gasteiger partial charge in [0.15, 0.2) is 0 Å². The molecule has 2 heterocycles. The van der Waals surface area contributed by atoms with E-state index in [0.717, 1.165) is 0 Å². The van der Waals surface area contributed by atoms with Gasteiger partial charge in [-0.2, -0.15) is 0 Å². The van der Waals surface area contributed by atoms with Gasteiger partial charge in [-0.05, 0) is 84.3 Å². The van der Waals surface area contributed by atoms with Gasteiger partial charge in [-0.3, -0.25) is 0 Å². The minimum absolute atomic E-state index is 0.0791. The predicted octanol–water partition coefficient (Wildman–Crippen LogP) is 12.1. The van der Waals surface area contributed by atoms with Crippen LogP contribution in [0, 0.1) is 0 Å². The summed E-state index contributed by atoms with van der Waals surface area (Å²) in [6.07, 6.45) is 0. The molecule has 2 aliphatic rings. The number of nitrogens with zero attached hydrogens (tertiary/aromatic N) is 1. The van der Waals surface area contributed by atoms with Crippen molar-refractivity contribution in [2.45, 2.75) is 38.5 Å². The van der Waals surface area contributed by atoms with Crippen LogP contribution in [0.15, 0.2) is 140 Å². The number of hydrogen-bond donors (Lipinski definition) is 0.